The van der Waals surface area contributed by atoms with Crippen LogP contribution in [0.15, 0.2) is 21.3 Å². The third kappa shape index (κ3) is 7.10. The molecule has 146 valence electrons. The lowest BCUT2D eigenvalue weighted by molar-refractivity contribution is 0.600. The number of aryl methyl sites for hydroxylation is 2. The maximum Gasteiger partial charge on any atom is 0.247 e. The van der Waals surface area contributed by atoms with Gasteiger partial charge in [-0.1, -0.05) is 0 Å². The summed E-state index contributed by atoms with van der Waals surface area (Å²) in [6, 6.07) is 3.25. The van der Waals surface area contributed by atoms with Gasteiger partial charge in [0.15, 0.2) is 5.96 Å². The van der Waals surface area contributed by atoms with Crippen molar-refractivity contribution in [1.82, 2.24) is 15.6 Å². The number of aliphatic imine (C=N–C) groups is 1. The number of guanidine groups is 1. The number of sulfonamides is 1. The van der Waals surface area contributed by atoms with Crippen LogP contribution in [0.25, 0.3) is 0 Å². The fourth-order valence-electron chi connectivity index (χ4n) is 2.03. The second-order valence-electron chi connectivity index (χ2n) is 5.39. The van der Waals surface area contributed by atoms with Gasteiger partial charge in [0.2, 0.25) is 10.0 Å². The third-order valence-corrected chi connectivity index (χ3v) is 7.00. The molecule has 0 aliphatic rings. The molecule has 0 spiro atoms. The van der Waals surface area contributed by atoms with E-state index < -0.39 is 10.0 Å². The lowest BCUT2D eigenvalue weighted by Gasteiger charge is -2.10. The summed E-state index contributed by atoms with van der Waals surface area (Å²) in [4.78, 5) is 11.1. The van der Waals surface area contributed by atoms with Crippen LogP contribution in [0.2, 0.25) is 0 Å². The highest BCUT2D eigenvalue weighted by Crippen LogP contribution is 2.21. The number of primary sulfonamides is 1. The van der Waals surface area contributed by atoms with Crippen molar-refractivity contribution in [3.05, 3.63) is 32.6 Å². The topological polar surface area (TPSA) is 109 Å². The van der Waals surface area contributed by atoms with Gasteiger partial charge in [0.05, 0.1) is 17.2 Å². The summed E-state index contributed by atoms with van der Waals surface area (Å²) in [5, 5.41) is 12.7. The van der Waals surface area contributed by atoms with E-state index in [1.807, 2.05) is 13.8 Å². The number of nitrogens with two attached hydrogens (primary N) is 1. The molecular formula is C15H24IN5O2S3. The quantitative estimate of drug-likeness (QED) is 0.290. The first-order chi connectivity index (χ1) is 11.8. The Morgan fingerprint density at radius 2 is 2.00 bits per heavy atom. The van der Waals surface area contributed by atoms with Gasteiger partial charge in [-0.3, -0.25) is 0 Å². The SMILES string of the molecule is CCNC(=NCc1ccc(S(N)(=O)=O)s1)NCCc1nc(C)c(C)s1.I. The maximum atomic E-state index is 11.3. The average Bonchev–Trinajstić information content (AvgIpc) is 3.12. The Balaban J connectivity index is 0.00000338. The van der Waals surface area contributed by atoms with Crippen molar-refractivity contribution in [3.63, 3.8) is 0 Å². The van der Waals surface area contributed by atoms with Crippen molar-refractivity contribution in [2.24, 2.45) is 10.1 Å². The first-order valence-electron chi connectivity index (χ1n) is 7.86. The number of aromatic nitrogens is 1. The zero-order chi connectivity index (χ0) is 18.4. The van der Waals surface area contributed by atoms with Crippen LogP contribution < -0.4 is 15.8 Å². The highest BCUT2D eigenvalue weighted by Gasteiger charge is 2.11. The zero-order valence-electron chi connectivity index (χ0n) is 14.9. The Hall–Kier alpha value is -0.760. The van der Waals surface area contributed by atoms with E-state index in [0.717, 1.165) is 46.4 Å². The van der Waals surface area contributed by atoms with Crippen LogP contribution in [0.5, 0.6) is 0 Å². The van der Waals surface area contributed by atoms with Crippen molar-refractivity contribution in [2.75, 3.05) is 13.1 Å². The normalized spacial score (nSPS) is 11.9. The number of thiophene rings is 1. The van der Waals surface area contributed by atoms with Crippen LogP contribution in [0.1, 0.15) is 27.4 Å². The van der Waals surface area contributed by atoms with E-state index in [2.05, 4.69) is 27.5 Å². The van der Waals surface area contributed by atoms with E-state index in [-0.39, 0.29) is 28.2 Å². The van der Waals surface area contributed by atoms with Crippen LogP contribution in [0, 0.1) is 13.8 Å². The molecule has 0 saturated carbocycles. The van der Waals surface area contributed by atoms with Gasteiger partial charge in [0.25, 0.3) is 0 Å². The van der Waals surface area contributed by atoms with Gasteiger partial charge in [0, 0.05) is 29.3 Å². The summed E-state index contributed by atoms with van der Waals surface area (Å²) in [6.07, 6.45) is 0.832. The van der Waals surface area contributed by atoms with Crippen molar-refractivity contribution < 1.29 is 8.42 Å². The molecule has 26 heavy (non-hydrogen) atoms. The summed E-state index contributed by atoms with van der Waals surface area (Å²) in [6.45, 7) is 7.95. The minimum atomic E-state index is -3.64. The molecule has 2 rings (SSSR count). The van der Waals surface area contributed by atoms with E-state index in [4.69, 9.17) is 5.14 Å². The van der Waals surface area contributed by atoms with Crippen LogP contribution in [0.3, 0.4) is 0 Å². The largest absolute Gasteiger partial charge is 0.357 e. The fraction of sp³-hybridized carbons (Fsp3) is 0.467. The highest BCUT2D eigenvalue weighted by atomic mass is 127. The molecule has 11 heteroatoms. The van der Waals surface area contributed by atoms with Gasteiger partial charge in [-0.25, -0.2) is 23.5 Å². The molecule has 2 aromatic heterocycles. The molecule has 2 heterocycles. The Kier molecular flexibility index (Phi) is 9.44. The van der Waals surface area contributed by atoms with E-state index in [1.54, 1.807) is 17.4 Å². The standard InChI is InChI=1S/C15H23N5O2S3.HI/c1-4-17-15(18-8-7-13-20-10(2)11(3)23-13)19-9-12-5-6-14(24-12)25(16,21)22;/h5-6H,4,7-9H2,1-3H3,(H2,16,21,22)(H2,17,18,19);1H. The molecule has 0 saturated heterocycles. The first kappa shape index (κ1) is 23.3. The van der Waals surface area contributed by atoms with E-state index >= 15 is 0 Å². The average molecular weight is 529 g/mol. The summed E-state index contributed by atoms with van der Waals surface area (Å²) in [5.41, 5.74) is 1.09. The van der Waals surface area contributed by atoms with Gasteiger partial charge in [-0.15, -0.1) is 46.7 Å². The molecule has 0 radical (unpaired) electrons. The van der Waals surface area contributed by atoms with Gasteiger partial charge in [-0.2, -0.15) is 0 Å². The van der Waals surface area contributed by atoms with Crippen molar-refractivity contribution in [2.45, 2.75) is 37.9 Å². The lowest BCUT2D eigenvalue weighted by atomic mass is 10.4. The minimum absolute atomic E-state index is 0. The Labute approximate surface area is 179 Å². The second-order valence-corrected chi connectivity index (χ2v) is 9.63. The summed E-state index contributed by atoms with van der Waals surface area (Å²) in [5.74, 6) is 0.693. The van der Waals surface area contributed by atoms with Gasteiger partial charge in [-0.05, 0) is 32.9 Å². The van der Waals surface area contributed by atoms with Crippen LogP contribution in [-0.4, -0.2) is 32.5 Å². The number of rotatable bonds is 7. The lowest BCUT2D eigenvalue weighted by Crippen LogP contribution is -2.38. The van der Waals surface area contributed by atoms with Crippen molar-refractivity contribution >= 4 is 62.6 Å². The molecule has 7 nitrogen and oxygen atoms in total. The monoisotopic (exact) mass is 529 g/mol. The number of hydrogen-bond donors (Lipinski definition) is 3. The molecule has 0 amide bonds. The van der Waals surface area contributed by atoms with E-state index in [9.17, 15) is 8.42 Å². The molecule has 0 fully saturated rings. The molecule has 4 N–H and O–H groups in total. The number of halogens is 1. The predicted octanol–water partition coefficient (Wildman–Crippen LogP) is 2.38. The molecule has 2 aromatic rings. The predicted molar refractivity (Wildman–Crippen MR) is 119 cm³/mol. The van der Waals surface area contributed by atoms with Crippen LogP contribution in [-0.2, 0) is 23.0 Å². The Morgan fingerprint density at radius 3 is 2.54 bits per heavy atom. The minimum Gasteiger partial charge on any atom is -0.357 e. The number of nitrogens with zero attached hydrogens (tertiary/aromatic N) is 2. The first-order valence-corrected chi connectivity index (χ1v) is 11.0. The molecule has 0 aliphatic heterocycles. The van der Waals surface area contributed by atoms with Gasteiger partial charge < -0.3 is 10.6 Å². The van der Waals surface area contributed by atoms with Crippen molar-refractivity contribution in [1.29, 1.82) is 0 Å². The zero-order valence-corrected chi connectivity index (χ0v) is 19.7. The van der Waals surface area contributed by atoms with Gasteiger partial charge >= 0.3 is 0 Å². The second kappa shape index (κ2) is 10.5. The summed E-state index contributed by atoms with van der Waals surface area (Å²) >= 11 is 2.86. The number of nitrogens with one attached hydrogen (secondary N) is 2. The highest BCUT2D eigenvalue weighted by molar-refractivity contribution is 14.0. The molecule has 0 unspecified atom stereocenters. The van der Waals surface area contributed by atoms with Gasteiger partial charge in [0.1, 0.15) is 4.21 Å². The van der Waals surface area contributed by atoms with Crippen molar-refractivity contribution in [3.8, 4) is 0 Å². The molecule has 0 aliphatic carbocycles. The molecule has 0 bridgehead atoms. The maximum absolute atomic E-state index is 11.3. The smallest absolute Gasteiger partial charge is 0.247 e. The Morgan fingerprint density at radius 1 is 1.27 bits per heavy atom. The third-order valence-electron chi connectivity index (χ3n) is 3.36. The molecule has 0 aromatic carbocycles. The number of hydrogen-bond acceptors (Lipinski definition) is 6. The summed E-state index contributed by atoms with van der Waals surface area (Å²) < 4.78 is 22.8. The van der Waals surface area contributed by atoms with Crippen LogP contribution >= 0.6 is 46.7 Å². The van der Waals surface area contributed by atoms with E-state index in [0.29, 0.717) is 12.5 Å². The Bertz CT molecular complexity index is 826. The molecular weight excluding hydrogens is 505 g/mol. The summed E-state index contributed by atoms with van der Waals surface area (Å²) in [7, 11) is -3.64. The molecule has 0 atom stereocenters. The fourth-order valence-corrected chi connectivity index (χ4v) is 4.67. The van der Waals surface area contributed by atoms with Crippen LogP contribution in [0.4, 0.5) is 0 Å². The van der Waals surface area contributed by atoms with E-state index in [1.165, 1.54) is 10.9 Å². The number of thiazole rings is 1.